The van der Waals surface area contributed by atoms with Crippen molar-refractivity contribution in [1.29, 1.82) is 0 Å². The van der Waals surface area contributed by atoms with Crippen LogP contribution in [0.4, 0.5) is 30.4 Å². The zero-order valence-electron chi connectivity index (χ0n) is 15.5. The first-order chi connectivity index (χ1) is 14.2. The largest absolute Gasteiger partial charge is 0.351 e. The maximum atomic E-state index is 14.6. The van der Waals surface area contributed by atoms with Crippen molar-refractivity contribution in [1.82, 2.24) is 9.71 Å². The van der Waals surface area contributed by atoms with Gasteiger partial charge in [-0.15, -0.1) is 0 Å². The number of rotatable bonds is 7. The topological polar surface area (TPSA) is 83.1 Å². The molecule has 3 rings (SSSR count). The van der Waals surface area contributed by atoms with Gasteiger partial charge in [-0.1, -0.05) is 12.1 Å². The quantitative estimate of drug-likeness (QED) is 0.385. The van der Waals surface area contributed by atoms with Gasteiger partial charge >= 0.3 is 0 Å². The molecule has 0 saturated carbocycles. The molecule has 1 heterocycles. The van der Waals surface area contributed by atoms with Gasteiger partial charge in [-0.05, 0) is 64.6 Å². The third-order valence-electron chi connectivity index (χ3n) is 4.05. The second-order valence-corrected chi connectivity index (χ2v) is 9.01. The zero-order chi connectivity index (χ0) is 21.9. The third-order valence-corrected chi connectivity index (χ3v) is 5.74. The molecular formula is C19H16F3IN4O2S. The first-order valence-electron chi connectivity index (χ1n) is 8.54. The van der Waals surface area contributed by atoms with Crippen molar-refractivity contribution in [2.45, 2.75) is 6.42 Å². The van der Waals surface area contributed by atoms with E-state index in [-0.39, 0.29) is 29.2 Å². The minimum Gasteiger partial charge on any atom is -0.351 e. The maximum Gasteiger partial charge on any atom is 0.300 e. The van der Waals surface area contributed by atoms with E-state index < -0.39 is 27.7 Å². The lowest BCUT2D eigenvalue weighted by atomic mass is 10.1. The average Bonchev–Trinajstić information content (AvgIpc) is 2.69. The van der Waals surface area contributed by atoms with Gasteiger partial charge in [-0.3, -0.25) is 4.72 Å². The molecule has 6 nitrogen and oxygen atoms in total. The molecule has 0 aliphatic carbocycles. The molecule has 0 radical (unpaired) electrons. The predicted octanol–water partition coefficient (Wildman–Crippen LogP) is 4.31. The molecule has 0 aliphatic rings. The number of hydrogen-bond acceptors (Lipinski definition) is 4. The van der Waals surface area contributed by atoms with Gasteiger partial charge < -0.3 is 5.32 Å². The SMILES string of the molecule is CNS(=O)(=O)Nc1cccc(Cc2ccc(Nc3ccc(I)cc3F)c(F)c2F)n1. The second kappa shape index (κ2) is 9.18. The summed E-state index contributed by atoms with van der Waals surface area (Å²) < 4.78 is 71.2. The van der Waals surface area contributed by atoms with Gasteiger partial charge in [0.2, 0.25) is 0 Å². The first kappa shape index (κ1) is 22.3. The van der Waals surface area contributed by atoms with Gasteiger partial charge in [-0.25, -0.2) is 22.9 Å². The van der Waals surface area contributed by atoms with Gasteiger partial charge in [-0.2, -0.15) is 8.42 Å². The standard InChI is InChI=1S/C19H16F3IN4O2S/c1-24-30(28,29)27-17-4-2-3-13(25-17)9-11-5-7-16(19(22)18(11)21)26-15-8-6-12(23)10-14(15)20/h2-8,10,24,26H,9H2,1H3,(H,25,27). The number of hydrogen-bond donors (Lipinski definition) is 3. The Morgan fingerprint density at radius 3 is 2.43 bits per heavy atom. The fourth-order valence-corrected chi connectivity index (χ4v) is 3.52. The molecule has 0 fully saturated rings. The van der Waals surface area contributed by atoms with Gasteiger partial charge in [0.25, 0.3) is 10.2 Å². The van der Waals surface area contributed by atoms with Gasteiger partial charge in [0.05, 0.1) is 11.4 Å². The monoisotopic (exact) mass is 548 g/mol. The van der Waals surface area contributed by atoms with Gasteiger partial charge in [0, 0.05) is 22.7 Å². The minimum atomic E-state index is -3.75. The Bertz CT molecular complexity index is 1190. The van der Waals surface area contributed by atoms with Crippen LogP contribution in [0.1, 0.15) is 11.3 Å². The highest BCUT2D eigenvalue weighted by atomic mass is 127. The lowest BCUT2D eigenvalue weighted by Gasteiger charge is -2.12. The van der Waals surface area contributed by atoms with Crippen LogP contribution < -0.4 is 14.8 Å². The highest BCUT2D eigenvalue weighted by Crippen LogP contribution is 2.27. The summed E-state index contributed by atoms with van der Waals surface area (Å²) in [7, 11) is -2.52. The molecule has 0 atom stereocenters. The van der Waals surface area contributed by atoms with Crippen molar-refractivity contribution in [3.8, 4) is 0 Å². The summed E-state index contributed by atoms with van der Waals surface area (Å²) in [5.74, 6) is -2.81. The summed E-state index contributed by atoms with van der Waals surface area (Å²) in [6.45, 7) is 0. The van der Waals surface area contributed by atoms with E-state index in [2.05, 4.69) is 19.7 Å². The Labute approximate surface area is 185 Å². The Balaban J connectivity index is 1.82. The van der Waals surface area contributed by atoms with Crippen LogP contribution in [0.3, 0.4) is 0 Å². The second-order valence-electron chi connectivity index (χ2n) is 6.15. The molecule has 3 aromatic rings. The van der Waals surface area contributed by atoms with Crippen LogP contribution in [0, 0.1) is 21.0 Å². The van der Waals surface area contributed by atoms with Crippen molar-refractivity contribution in [3.63, 3.8) is 0 Å². The molecular weight excluding hydrogens is 532 g/mol. The van der Waals surface area contributed by atoms with E-state index in [1.165, 1.54) is 37.4 Å². The first-order valence-corrected chi connectivity index (χ1v) is 11.1. The molecule has 30 heavy (non-hydrogen) atoms. The fraction of sp³-hybridized carbons (Fsp3) is 0.105. The predicted molar refractivity (Wildman–Crippen MR) is 117 cm³/mol. The molecule has 158 valence electrons. The number of benzene rings is 2. The Kier molecular flexibility index (Phi) is 6.83. The summed E-state index contributed by atoms with van der Waals surface area (Å²) in [6, 6.07) is 11.5. The average molecular weight is 548 g/mol. The van der Waals surface area contributed by atoms with Crippen molar-refractivity contribution in [2.24, 2.45) is 0 Å². The van der Waals surface area contributed by atoms with Gasteiger partial charge in [0.15, 0.2) is 11.6 Å². The Morgan fingerprint density at radius 1 is 1.00 bits per heavy atom. The van der Waals surface area contributed by atoms with Crippen LogP contribution in [0.25, 0.3) is 0 Å². The number of pyridine rings is 1. The molecule has 1 aromatic heterocycles. The van der Waals surface area contributed by atoms with Crippen molar-refractivity contribution in [2.75, 3.05) is 17.1 Å². The summed E-state index contributed by atoms with van der Waals surface area (Å²) in [5, 5.41) is 2.55. The molecule has 0 unspecified atom stereocenters. The van der Waals surface area contributed by atoms with E-state index in [4.69, 9.17) is 0 Å². The van der Waals surface area contributed by atoms with E-state index in [0.717, 1.165) is 0 Å². The van der Waals surface area contributed by atoms with E-state index in [0.29, 0.717) is 9.26 Å². The number of aromatic nitrogens is 1. The Morgan fingerprint density at radius 2 is 1.73 bits per heavy atom. The van der Waals surface area contributed by atoms with Crippen molar-refractivity contribution < 1.29 is 21.6 Å². The fourth-order valence-electron chi connectivity index (χ4n) is 2.58. The zero-order valence-corrected chi connectivity index (χ0v) is 18.5. The summed E-state index contributed by atoms with van der Waals surface area (Å²) >= 11 is 1.94. The molecule has 0 saturated heterocycles. The summed E-state index contributed by atoms with van der Waals surface area (Å²) in [6.07, 6.45) is -0.0734. The van der Waals surface area contributed by atoms with Crippen LogP contribution in [0.2, 0.25) is 0 Å². The molecule has 3 N–H and O–H groups in total. The lowest BCUT2D eigenvalue weighted by molar-refractivity contribution is 0.503. The van der Waals surface area contributed by atoms with E-state index in [1.807, 2.05) is 22.6 Å². The minimum absolute atomic E-state index is 0.0160. The number of halogens is 4. The van der Waals surface area contributed by atoms with E-state index >= 15 is 0 Å². The highest BCUT2D eigenvalue weighted by Gasteiger charge is 2.16. The third kappa shape index (κ3) is 5.40. The van der Waals surface area contributed by atoms with Gasteiger partial charge in [0.1, 0.15) is 11.6 Å². The molecule has 0 amide bonds. The van der Waals surface area contributed by atoms with E-state index in [9.17, 15) is 21.6 Å². The van der Waals surface area contributed by atoms with E-state index in [1.54, 1.807) is 18.2 Å². The Hall–Kier alpha value is -2.38. The molecule has 0 bridgehead atoms. The van der Waals surface area contributed by atoms with Crippen LogP contribution in [-0.4, -0.2) is 20.4 Å². The molecule has 0 spiro atoms. The van der Waals surface area contributed by atoms with Crippen LogP contribution in [0.15, 0.2) is 48.5 Å². The van der Waals surface area contributed by atoms with Crippen LogP contribution in [0.5, 0.6) is 0 Å². The lowest BCUT2D eigenvalue weighted by Crippen LogP contribution is -2.26. The molecule has 11 heteroatoms. The van der Waals surface area contributed by atoms with Crippen LogP contribution in [-0.2, 0) is 16.6 Å². The molecule has 0 aliphatic heterocycles. The maximum absolute atomic E-state index is 14.6. The van der Waals surface area contributed by atoms with Crippen molar-refractivity contribution >= 4 is 50.0 Å². The summed E-state index contributed by atoms with van der Waals surface area (Å²) in [5.41, 5.74) is 0.156. The summed E-state index contributed by atoms with van der Waals surface area (Å²) in [4.78, 5) is 4.10. The smallest absolute Gasteiger partial charge is 0.300 e. The molecule has 2 aromatic carbocycles. The number of nitrogens with zero attached hydrogens (tertiary/aromatic N) is 1. The van der Waals surface area contributed by atoms with Crippen LogP contribution >= 0.6 is 22.6 Å². The number of nitrogens with one attached hydrogen (secondary N) is 3. The number of anilines is 3. The van der Waals surface area contributed by atoms with Crippen molar-refractivity contribution in [3.05, 3.63) is 80.8 Å². The normalized spacial score (nSPS) is 11.4. The highest BCUT2D eigenvalue weighted by molar-refractivity contribution is 14.1.